The molecule has 0 atom stereocenters. The number of hydrogen-bond donors (Lipinski definition) is 0. The topological polar surface area (TPSA) is 0 Å². The van der Waals surface area contributed by atoms with Gasteiger partial charge in [0.05, 0.1) is 0 Å². The average molecular weight is 212 g/mol. The average Bonchev–Trinajstić information content (AvgIpc) is 2.21. The fourth-order valence-electron chi connectivity index (χ4n) is 1.91. The maximum Gasteiger partial charge on any atom is -0.0533 e. The van der Waals surface area contributed by atoms with Crippen molar-refractivity contribution in [2.24, 2.45) is 0 Å². The molecule has 0 radical (unpaired) electrons. The second kappa shape index (κ2) is 13.0. The molecule has 0 aliphatic carbocycles. The first-order chi connectivity index (χ1) is 6.91. The lowest BCUT2D eigenvalue weighted by Crippen LogP contribution is -1.81. The molecule has 0 aliphatic rings. The normalized spacial score (nSPS) is 10.7. The summed E-state index contributed by atoms with van der Waals surface area (Å²) < 4.78 is 0. The third-order valence-corrected chi connectivity index (χ3v) is 2.96. The van der Waals surface area contributed by atoms with Crippen LogP contribution >= 0.6 is 0 Å². The van der Waals surface area contributed by atoms with Crippen molar-refractivity contribution in [2.45, 2.75) is 90.9 Å². The van der Waals surface area contributed by atoms with E-state index >= 15 is 0 Å². The molecule has 0 aromatic carbocycles. The minimum atomic E-state index is 1.37. The van der Waals surface area contributed by atoms with Crippen molar-refractivity contribution in [3.05, 3.63) is 0 Å². The first-order valence-corrected chi connectivity index (χ1v) is 6.91. The molecular weight excluding hydrogens is 182 g/mol. The Morgan fingerprint density at radius 3 is 0.786 bits per heavy atom. The monoisotopic (exact) mass is 212 g/mol. The first-order valence-electron chi connectivity index (χ1n) is 6.91. The van der Waals surface area contributed by atoms with Gasteiger partial charge in [0.2, 0.25) is 0 Å². The Bertz CT molecular complexity index is 74.0. The molecule has 0 saturated carbocycles. The lowest BCUT2D eigenvalue weighted by molar-refractivity contribution is 0.548. The van der Waals surface area contributed by atoms with E-state index in [1.54, 1.807) is 0 Å². The smallest absolute Gasteiger partial charge is 0.0533 e. The zero-order chi connectivity index (χ0) is 10.5. The summed E-state index contributed by atoms with van der Waals surface area (Å²) in [7, 11) is 0. The number of unbranched alkanes of at least 4 members (excludes halogenated alkanes) is 11. The van der Waals surface area contributed by atoms with Crippen LogP contribution in [-0.2, 0) is 0 Å². The Morgan fingerprint density at radius 2 is 0.571 bits per heavy atom. The highest BCUT2D eigenvalue weighted by Crippen LogP contribution is 2.11. The molecule has 86 valence electrons. The van der Waals surface area contributed by atoms with Crippen molar-refractivity contribution in [3.8, 4) is 0 Å². The van der Waals surface area contributed by atoms with Crippen LogP contribution in [0.1, 0.15) is 90.9 Å². The van der Waals surface area contributed by atoms with Crippen molar-refractivity contribution in [3.63, 3.8) is 0 Å². The van der Waals surface area contributed by atoms with Gasteiger partial charge < -0.3 is 0 Å². The Balaban J connectivity index is 2.78. The fraction of sp³-hybridized carbons (Fsp3) is 1.00. The molecule has 0 aromatic rings. The van der Waals surface area contributed by atoms with Crippen LogP contribution in [0.5, 0.6) is 0 Å². The molecule has 0 heteroatoms. The fourth-order valence-corrected chi connectivity index (χ4v) is 1.91. The molecule has 0 N–H and O–H groups in total. The van der Waals surface area contributed by atoms with Gasteiger partial charge in [-0.2, -0.15) is 0 Å². The quantitative estimate of drug-likeness (QED) is 0.304. The molecule has 0 bridgehead atoms. The Kier molecular flexibility index (Phi) is 13.0. The maximum atomic E-state index is 2.29. The molecule has 0 fully saturated rings. The Hall–Kier alpha value is 0. The summed E-state index contributed by atoms with van der Waals surface area (Å²) in [5.74, 6) is 0. The standard InChI is InChI=1S/C14H30/c1-3-5-7-9-11-13-14-12-10-8-6-4-2/h3-14H2,1-2H3/i1+1,2+1,3+1,4+1,5+1,6+1,7+1,8+1,9+1,10+1,11+1,12+1,13+1,14+1. The predicted molar refractivity (Wildman–Crippen MR) is 66.8 cm³/mol. The van der Waals surface area contributed by atoms with Crippen LogP contribution in [0.4, 0.5) is 0 Å². The minimum absolute atomic E-state index is 1.37. The van der Waals surface area contributed by atoms with Crippen molar-refractivity contribution < 1.29 is 0 Å². The van der Waals surface area contributed by atoms with Gasteiger partial charge in [0, 0.05) is 0 Å². The molecule has 14 heavy (non-hydrogen) atoms. The molecule has 0 unspecified atom stereocenters. The molecule has 0 heterocycles. The van der Waals surface area contributed by atoms with Crippen LogP contribution in [-0.4, -0.2) is 0 Å². The molecule has 0 aliphatic heterocycles. The summed E-state index contributed by atoms with van der Waals surface area (Å²) in [4.78, 5) is 0. The van der Waals surface area contributed by atoms with Gasteiger partial charge in [0.1, 0.15) is 0 Å². The summed E-state index contributed by atoms with van der Waals surface area (Å²) >= 11 is 0. The van der Waals surface area contributed by atoms with E-state index in [9.17, 15) is 0 Å². The highest BCUT2D eigenvalue weighted by molar-refractivity contribution is 4.47. The molecule has 0 nitrogen and oxygen atoms in total. The number of rotatable bonds is 11. The molecule has 0 spiro atoms. The summed E-state index contributed by atoms with van der Waals surface area (Å²) in [6.45, 7) is 4.57. The third kappa shape index (κ3) is 12.0. The van der Waals surface area contributed by atoms with Crippen LogP contribution in [0.15, 0.2) is 0 Å². The van der Waals surface area contributed by atoms with Gasteiger partial charge in [0.25, 0.3) is 0 Å². The van der Waals surface area contributed by atoms with E-state index < -0.39 is 0 Å². The maximum absolute atomic E-state index is 2.29. The molecule has 0 aromatic heterocycles. The van der Waals surface area contributed by atoms with Gasteiger partial charge in [-0.1, -0.05) is 90.9 Å². The summed E-state index contributed by atoms with van der Waals surface area (Å²) in [6.07, 6.45) is 17.4. The zero-order valence-electron chi connectivity index (χ0n) is 10.5. The van der Waals surface area contributed by atoms with Crippen LogP contribution in [0, 0.1) is 0 Å². The van der Waals surface area contributed by atoms with Crippen LogP contribution in [0.25, 0.3) is 0 Å². The minimum Gasteiger partial charge on any atom is -0.0654 e. The van der Waals surface area contributed by atoms with Crippen LogP contribution in [0.2, 0.25) is 0 Å². The van der Waals surface area contributed by atoms with Crippen LogP contribution < -0.4 is 0 Å². The van der Waals surface area contributed by atoms with E-state index in [0.29, 0.717) is 0 Å². The lowest BCUT2D eigenvalue weighted by Gasteiger charge is -2.01. The van der Waals surface area contributed by atoms with E-state index in [1.807, 2.05) is 0 Å². The molecule has 0 rings (SSSR count). The second-order valence-corrected chi connectivity index (χ2v) is 4.54. The van der Waals surface area contributed by atoms with E-state index in [2.05, 4.69) is 13.8 Å². The largest absolute Gasteiger partial charge is 0.0654 e. The third-order valence-electron chi connectivity index (χ3n) is 2.96. The van der Waals surface area contributed by atoms with Crippen molar-refractivity contribution in [1.29, 1.82) is 0 Å². The SMILES string of the molecule is [13CH3][13CH2][13CH2][13CH2][13CH2][13CH2][13CH2][13CH2][13CH2][13CH2][13CH2][13CH2][13CH2][13CH3]. The second-order valence-electron chi connectivity index (χ2n) is 4.54. The van der Waals surface area contributed by atoms with Gasteiger partial charge in [-0.3, -0.25) is 0 Å². The molecule has 0 amide bonds. The van der Waals surface area contributed by atoms with Crippen molar-refractivity contribution in [1.82, 2.24) is 0 Å². The highest BCUT2D eigenvalue weighted by Gasteiger charge is 1.91. The molecular formula is C14H30. The summed E-state index contributed by atoms with van der Waals surface area (Å²) in [5.41, 5.74) is 0. The lowest BCUT2D eigenvalue weighted by atomic mass is 11.0. The van der Waals surface area contributed by atoms with Crippen molar-refractivity contribution in [2.75, 3.05) is 0 Å². The zero-order valence-corrected chi connectivity index (χ0v) is 10.5. The van der Waals surface area contributed by atoms with E-state index in [4.69, 9.17) is 0 Å². The van der Waals surface area contributed by atoms with Gasteiger partial charge in [-0.25, -0.2) is 0 Å². The van der Waals surface area contributed by atoms with E-state index in [1.165, 1.54) is 77.0 Å². The Labute approximate surface area is 91.5 Å². The Morgan fingerprint density at radius 1 is 0.357 bits per heavy atom. The van der Waals surface area contributed by atoms with Crippen molar-refractivity contribution >= 4 is 0 Å². The van der Waals surface area contributed by atoms with Gasteiger partial charge in [-0.15, -0.1) is 0 Å². The number of hydrogen-bond acceptors (Lipinski definition) is 0. The summed E-state index contributed by atoms with van der Waals surface area (Å²) in [6, 6.07) is 0. The molecule has 0 saturated heterocycles. The van der Waals surface area contributed by atoms with Crippen LogP contribution in [0.3, 0.4) is 0 Å². The van der Waals surface area contributed by atoms with E-state index in [-0.39, 0.29) is 0 Å². The van der Waals surface area contributed by atoms with Gasteiger partial charge >= 0.3 is 0 Å². The van der Waals surface area contributed by atoms with E-state index in [0.717, 1.165) is 0 Å². The summed E-state index contributed by atoms with van der Waals surface area (Å²) in [5, 5.41) is 0. The van der Waals surface area contributed by atoms with Gasteiger partial charge in [0.15, 0.2) is 0 Å². The highest BCUT2D eigenvalue weighted by atomic mass is 15.0. The predicted octanol–water partition coefficient (Wildman–Crippen LogP) is 5.71. The van der Waals surface area contributed by atoms with Gasteiger partial charge in [-0.05, 0) is 0 Å². The first kappa shape index (κ1) is 14.0.